The van der Waals surface area contributed by atoms with Gasteiger partial charge in [-0.15, -0.1) is 0 Å². The zero-order chi connectivity index (χ0) is 14.0. The lowest BCUT2D eigenvalue weighted by molar-refractivity contribution is 0.390. The molecule has 0 heterocycles. The molecule has 3 nitrogen and oxygen atoms in total. The Morgan fingerprint density at radius 1 is 1.00 bits per heavy atom. The number of ether oxygens (including phenoxy) is 2. The van der Waals surface area contributed by atoms with Gasteiger partial charge in [-0.1, -0.05) is 6.07 Å². The number of methoxy groups -OCH3 is 2. The van der Waals surface area contributed by atoms with Crippen LogP contribution in [0.3, 0.4) is 0 Å². The number of aryl methyl sites for hydroxylation is 1. The lowest BCUT2D eigenvalue weighted by Gasteiger charge is -2.15. The summed E-state index contributed by atoms with van der Waals surface area (Å²) < 4.78 is 11.5. The first-order chi connectivity index (χ1) is 9.08. The van der Waals surface area contributed by atoms with Crippen molar-refractivity contribution in [1.82, 2.24) is 0 Å². The molecule has 19 heavy (non-hydrogen) atoms. The van der Waals surface area contributed by atoms with Crippen LogP contribution in [0.1, 0.15) is 5.56 Å². The molecule has 0 fully saturated rings. The van der Waals surface area contributed by atoms with Gasteiger partial charge in [0, 0.05) is 5.56 Å². The van der Waals surface area contributed by atoms with Crippen LogP contribution < -0.4 is 9.47 Å². The summed E-state index contributed by atoms with van der Waals surface area (Å²) in [4.78, 5) is 0. The Labute approximate surface area is 120 Å². The quantitative estimate of drug-likeness (QED) is 0.922. The lowest BCUT2D eigenvalue weighted by atomic mass is 9.99. The highest BCUT2D eigenvalue weighted by Gasteiger charge is 2.15. The predicted octanol–water partition coefficient (Wildman–Crippen LogP) is 4.15. The molecule has 0 unspecified atom stereocenters. The summed E-state index contributed by atoms with van der Waals surface area (Å²) in [6.45, 7) is 1.95. The van der Waals surface area contributed by atoms with Gasteiger partial charge in [-0.25, -0.2) is 0 Å². The van der Waals surface area contributed by atoms with Gasteiger partial charge in [0.15, 0.2) is 0 Å². The topological polar surface area (TPSA) is 38.7 Å². The first kappa shape index (κ1) is 13.7. The van der Waals surface area contributed by atoms with Gasteiger partial charge in [-0.05, 0) is 58.2 Å². The SMILES string of the molecule is COc1ccc(-c2ccc(O)cc2C)c(OC)c1Br. The largest absolute Gasteiger partial charge is 0.508 e. The minimum absolute atomic E-state index is 0.257. The third kappa shape index (κ3) is 2.54. The number of aromatic hydroxyl groups is 1. The molecule has 0 saturated heterocycles. The molecule has 2 aromatic rings. The van der Waals surface area contributed by atoms with E-state index in [4.69, 9.17) is 9.47 Å². The number of benzene rings is 2. The monoisotopic (exact) mass is 322 g/mol. The van der Waals surface area contributed by atoms with E-state index in [0.29, 0.717) is 5.75 Å². The Hall–Kier alpha value is -1.68. The van der Waals surface area contributed by atoms with Crippen LogP contribution in [-0.2, 0) is 0 Å². The highest BCUT2D eigenvalue weighted by molar-refractivity contribution is 9.10. The van der Waals surface area contributed by atoms with E-state index < -0.39 is 0 Å². The number of phenols is 1. The van der Waals surface area contributed by atoms with E-state index in [-0.39, 0.29) is 5.75 Å². The average Bonchev–Trinajstić information content (AvgIpc) is 2.38. The molecular weight excluding hydrogens is 308 g/mol. The Kier molecular flexibility index (Phi) is 4.00. The van der Waals surface area contributed by atoms with Crippen molar-refractivity contribution in [3.8, 4) is 28.4 Å². The summed E-state index contributed by atoms with van der Waals surface area (Å²) in [6.07, 6.45) is 0. The van der Waals surface area contributed by atoms with E-state index in [0.717, 1.165) is 26.9 Å². The molecule has 0 bridgehead atoms. The van der Waals surface area contributed by atoms with Crippen molar-refractivity contribution < 1.29 is 14.6 Å². The van der Waals surface area contributed by atoms with Gasteiger partial charge in [0.1, 0.15) is 21.7 Å². The zero-order valence-corrected chi connectivity index (χ0v) is 12.6. The minimum atomic E-state index is 0.257. The van der Waals surface area contributed by atoms with Gasteiger partial charge in [0.05, 0.1) is 14.2 Å². The van der Waals surface area contributed by atoms with Gasteiger partial charge < -0.3 is 14.6 Å². The molecule has 2 aromatic carbocycles. The second kappa shape index (κ2) is 5.53. The third-order valence-electron chi connectivity index (χ3n) is 2.99. The maximum Gasteiger partial charge on any atom is 0.144 e. The first-order valence-corrected chi connectivity index (χ1v) is 6.58. The molecule has 4 heteroatoms. The number of rotatable bonds is 3. The highest BCUT2D eigenvalue weighted by Crippen LogP contribution is 2.43. The van der Waals surface area contributed by atoms with Crippen molar-refractivity contribution in [3.63, 3.8) is 0 Å². The van der Waals surface area contributed by atoms with Crippen molar-refractivity contribution in [2.45, 2.75) is 6.92 Å². The predicted molar refractivity (Wildman–Crippen MR) is 79.1 cm³/mol. The van der Waals surface area contributed by atoms with Crippen molar-refractivity contribution >= 4 is 15.9 Å². The van der Waals surface area contributed by atoms with Gasteiger partial charge in [-0.3, -0.25) is 0 Å². The first-order valence-electron chi connectivity index (χ1n) is 5.79. The van der Waals surface area contributed by atoms with E-state index in [1.54, 1.807) is 26.4 Å². The van der Waals surface area contributed by atoms with Crippen LogP contribution in [-0.4, -0.2) is 19.3 Å². The second-order valence-corrected chi connectivity index (χ2v) is 4.95. The fraction of sp³-hybridized carbons (Fsp3) is 0.200. The highest BCUT2D eigenvalue weighted by atomic mass is 79.9. The van der Waals surface area contributed by atoms with Gasteiger partial charge in [0.25, 0.3) is 0 Å². The standard InChI is InChI=1S/C15H15BrO3/c1-9-8-10(17)4-5-11(9)12-6-7-13(18-2)14(16)15(12)19-3/h4-8,17H,1-3H3. The second-order valence-electron chi connectivity index (χ2n) is 4.16. The summed E-state index contributed by atoms with van der Waals surface area (Å²) in [7, 11) is 3.24. The average molecular weight is 323 g/mol. The third-order valence-corrected chi connectivity index (χ3v) is 3.74. The van der Waals surface area contributed by atoms with Gasteiger partial charge >= 0.3 is 0 Å². The van der Waals surface area contributed by atoms with Crippen molar-refractivity contribution in [3.05, 3.63) is 40.4 Å². The molecule has 2 rings (SSSR count). The molecule has 0 aliphatic heterocycles. The molecule has 0 spiro atoms. The normalized spacial score (nSPS) is 10.3. The van der Waals surface area contributed by atoms with E-state index in [1.807, 2.05) is 25.1 Å². The van der Waals surface area contributed by atoms with Crippen LogP contribution in [0.15, 0.2) is 34.8 Å². The summed E-state index contributed by atoms with van der Waals surface area (Å²) in [5.74, 6) is 1.69. The lowest BCUT2D eigenvalue weighted by Crippen LogP contribution is -1.94. The molecule has 0 aromatic heterocycles. The molecule has 1 N–H and O–H groups in total. The molecule has 0 atom stereocenters. The van der Waals surface area contributed by atoms with Crippen LogP contribution >= 0.6 is 15.9 Å². The van der Waals surface area contributed by atoms with E-state index in [9.17, 15) is 5.11 Å². The Morgan fingerprint density at radius 3 is 2.26 bits per heavy atom. The summed E-state index contributed by atoms with van der Waals surface area (Å²) in [5.41, 5.74) is 2.95. The van der Waals surface area contributed by atoms with E-state index >= 15 is 0 Å². The zero-order valence-electron chi connectivity index (χ0n) is 11.0. The number of hydrogen-bond donors (Lipinski definition) is 1. The van der Waals surface area contributed by atoms with Crippen molar-refractivity contribution in [2.75, 3.05) is 14.2 Å². The van der Waals surface area contributed by atoms with Gasteiger partial charge in [-0.2, -0.15) is 0 Å². The molecule has 0 amide bonds. The molecule has 0 radical (unpaired) electrons. The minimum Gasteiger partial charge on any atom is -0.508 e. The Morgan fingerprint density at radius 2 is 1.68 bits per heavy atom. The van der Waals surface area contributed by atoms with Crippen LogP contribution in [0, 0.1) is 6.92 Å². The molecule has 0 aliphatic carbocycles. The molecule has 0 aliphatic rings. The van der Waals surface area contributed by atoms with Gasteiger partial charge in [0.2, 0.25) is 0 Å². The molecule has 0 saturated carbocycles. The van der Waals surface area contributed by atoms with E-state index in [2.05, 4.69) is 15.9 Å². The molecule has 100 valence electrons. The number of hydrogen-bond acceptors (Lipinski definition) is 3. The summed E-state index contributed by atoms with van der Waals surface area (Å²) in [5, 5.41) is 9.49. The summed E-state index contributed by atoms with van der Waals surface area (Å²) in [6, 6.07) is 9.10. The fourth-order valence-electron chi connectivity index (χ4n) is 2.06. The molecular formula is C15H15BrO3. The number of halogens is 1. The van der Waals surface area contributed by atoms with Crippen LogP contribution in [0.5, 0.6) is 17.2 Å². The van der Waals surface area contributed by atoms with Crippen LogP contribution in [0.2, 0.25) is 0 Å². The summed E-state index contributed by atoms with van der Waals surface area (Å²) >= 11 is 3.49. The maximum absolute atomic E-state index is 9.49. The Balaban J connectivity index is 2.65. The van der Waals surface area contributed by atoms with Crippen LogP contribution in [0.25, 0.3) is 11.1 Å². The Bertz CT molecular complexity index is 609. The van der Waals surface area contributed by atoms with Crippen LogP contribution in [0.4, 0.5) is 0 Å². The smallest absolute Gasteiger partial charge is 0.144 e. The maximum atomic E-state index is 9.49. The van der Waals surface area contributed by atoms with Crippen molar-refractivity contribution in [1.29, 1.82) is 0 Å². The van der Waals surface area contributed by atoms with Crippen molar-refractivity contribution in [2.24, 2.45) is 0 Å². The van der Waals surface area contributed by atoms with E-state index in [1.165, 1.54) is 0 Å². The number of phenolic OH excluding ortho intramolecular Hbond substituents is 1. The fourth-order valence-corrected chi connectivity index (χ4v) is 2.73.